The number of thioether (sulfide) groups is 1. The summed E-state index contributed by atoms with van der Waals surface area (Å²) in [7, 11) is 1.89. The first kappa shape index (κ1) is 23.9. The van der Waals surface area contributed by atoms with E-state index in [0.717, 1.165) is 49.2 Å². The van der Waals surface area contributed by atoms with Crippen LogP contribution in [0.2, 0.25) is 0 Å². The van der Waals surface area contributed by atoms with Crippen molar-refractivity contribution in [3.05, 3.63) is 42.5 Å². The number of hydrogen-bond acceptors (Lipinski definition) is 6. The van der Waals surface area contributed by atoms with Gasteiger partial charge in [-0.1, -0.05) is 6.07 Å². The van der Waals surface area contributed by atoms with Gasteiger partial charge in [-0.15, -0.1) is 16.9 Å². The highest BCUT2D eigenvalue weighted by molar-refractivity contribution is 7.98. The molecule has 1 saturated heterocycles. The minimum Gasteiger partial charge on any atom is -0.444 e. The largest absolute Gasteiger partial charge is 0.444 e. The first-order valence-electron chi connectivity index (χ1n) is 12.3. The van der Waals surface area contributed by atoms with Gasteiger partial charge in [0.25, 0.3) is 0 Å². The highest BCUT2D eigenvalue weighted by Crippen LogP contribution is 2.48. The van der Waals surface area contributed by atoms with E-state index in [9.17, 15) is 4.79 Å². The number of rotatable bonds is 5. The Kier molecular flexibility index (Phi) is 6.15. The van der Waals surface area contributed by atoms with E-state index >= 15 is 0 Å². The number of nitrogens with zero attached hydrogens (tertiary/aromatic N) is 6. The number of ether oxygens (including phenoxy) is 1. The van der Waals surface area contributed by atoms with Crippen molar-refractivity contribution >= 4 is 17.9 Å². The van der Waals surface area contributed by atoms with Gasteiger partial charge in [0.15, 0.2) is 5.82 Å². The average Bonchev–Trinajstić information content (AvgIpc) is 3.49. The van der Waals surface area contributed by atoms with E-state index in [0.29, 0.717) is 18.3 Å². The van der Waals surface area contributed by atoms with Crippen LogP contribution in [-0.2, 0) is 18.2 Å². The first-order chi connectivity index (χ1) is 16.7. The van der Waals surface area contributed by atoms with Crippen LogP contribution in [0.4, 0.5) is 4.79 Å². The molecule has 1 atom stereocenters. The molecule has 35 heavy (non-hydrogen) atoms. The summed E-state index contributed by atoms with van der Waals surface area (Å²) in [6.45, 7) is 6.47. The van der Waals surface area contributed by atoms with Crippen molar-refractivity contribution in [2.75, 3.05) is 12.8 Å². The van der Waals surface area contributed by atoms with Crippen molar-refractivity contribution in [1.82, 2.24) is 29.4 Å². The Labute approximate surface area is 211 Å². The van der Waals surface area contributed by atoms with E-state index < -0.39 is 5.60 Å². The Bertz CT molecular complexity index is 1220. The van der Waals surface area contributed by atoms with Gasteiger partial charge in [-0.3, -0.25) is 4.68 Å². The van der Waals surface area contributed by atoms with Crippen LogP contribution in [0.25, 0.3) is 17.1 Å². The molecule has 2 aromatic heterocycles. The monoisotopic (exact) mass is 494 g/mol. The van der Waals surface area contributed by atoms with Crippen molar-refractivity contribution in [2.24, 2.45) is 13.0 Å². The zero-order valence-corrected chi connectivity index (χ0v) is 22.0. The SMILES string of the molecule is CSc1cccc(-n2nc(-c3cnn(C)c3)nc2CC2CN(C(=O)OC(C)(C)C)C3(CCC3)C2)c1. The number of aryl methyl sites for hydroxylation is 1. The van der Waals surface area contributed by atoms with Gasteiger partial charge in [-0.05, 0) is 76.8 Å². The number of carbonyl (C=O) groups excluding carboxylic acids is 1. The molecule has 1 spiro atoms. The van der Waals surface area contributed by atoms with Gasteiger partial charge in [0.2, 0.25) is 0 Å². The summed E-state index contributed by atoms with van der Waals surface area (Å²) in [5.41, 5.74) is 1.32. The van der Waals surface area contributed by atoms with E-state index in [-0.39, 0.29) is 11.6 Å². The van der Waals surface area contributed by atoms with Crippen LogP contribution in [0.1, 0.15) is 52.3 Å². The van der Waals surface area contributed by atoms with Crippen LogP contribution in [0.15, 0.2) is 41.6 Å². The predicted molar refractivity (Wildman–Crippen MR) is 137 cm³/mol. The number of carbonyl (C=O) groups is 1. The topological polar surface area (TPSA) is 78.1 Å². The minimum absolute atomic E-state index is 0.0667. The highest BCUT2D eigenvalue weighted by atomic mass is 32.2. The average molecular weight is 495 g/mol. The maximum absolute atomic E-state index is 13.1. The fourth-order valence-corrected chi connectivity index (χ4v) is 5.74. The smallest absolute Gasteiger partial charge is 0.410 e. The van der Waals surface area contributed by atoms with Gasteiger partial charge in [-0.25, -0.2) is 14.5 Å². The van der Waals surface area contributed by atoms with Crippen molar-refractivity contribution in [2.45, 2.75) is 68.9 Å². The predicted octanol–water partition coefficient (Wildman–Crippen LogP) is 5.11. The molecule has 2 aliphatic rings. The zero-order chi connectivity index (χ0) is 24.8. The van der Waals surface area contributed by atoms with Crippen molar-refractivity contribution in [3.8, 4) is 17.1 Å². The van der Waals surface area contributed by atoms with Gasteiger partial charge >= 0.3 is 6.09 Å². The Morgan fingerprint density at radius 1 is 1.29 bits per heavy atom. The molecular formula is C26H34N6O2S. The second kappa shape index (κ2) is 9.00. The third-order valence-electron chi connectivity index (χ3n) is 6.99. The van der Waals surface area contributed by atoms with Crippen molar-refractivity contribution < 1.29 is 9.53 Å². The van der Waals surface area contributed by atoms with Gasteiger partial charge in [-0.2, -0.15) is 5.10 Å². The summed E-state index contributed by atoms with van der Waals surface area (Å²) in [4.78, 5) is 21.2. The Hall–Kier alpha value is -2.81. The zero-order valence-electron chi connectivity index (χ0n) is 21.2. The Morgan fingerprint density at radius 2 is 2.09 bits per heavy atom. The summed E-state index contributed by atoms with van der Waals surface area (Å²) >= 11 is 1.71. The molecule has 9 heteroatoms. The molecule has 1 amide bonds. The molecule has 0 bridgehead atoms. The van der Waals surface area contributed by atoms with E-state index in [1.807, 2.05) is 43.6 Å². The van der Waals surface area contributed by atoms with Gasteiger partial charge in [0.1, 0.15) is 11.4 Å². The molecule has 3 heterocycles. The number of benzene rings is 1. The fraction of sp³-hybridized carbons (Fsp3) is 0.538. The molecular weight excluding hydrogens is 460 g/mol. The summed E-state index contributed by atoms with van der Waals surface area (Å²) in [5.74, 6) is 1.88. The Balaban J connectivity index is 1.45. The summed E-state index contributed by atoms with van der Waals surface area (Å²) in [6, 6.07) is 8.37. The lowest BCUT2D eigenvalue weighted by Gasteiger charge is -2.45. The van der Waals surface area contributed by atoms with Crippen LogP contribution < -0.4 is 0 Å². The third-order valence-corrected chi connectivity index (χ3v) is 7.71. The summed E-state index contributed by atoms with van der Waals surface area (Å²) < 4.78 is 9.50. The molecule has 0 N–H and O–H groups in total. The lowest BCUT2D eigenvalue weighted by atomic mass is 9.73. The van der Waals surface area contributed by atoms with E-state index in [4.69, 9.17) is 14.8 Å². The molecule has 1 unspecified atom stereocenters. The summed E-state index contributed by atoms with van der Waals surface area (Å²) in [5, 5.41) is 9.19. The van der Waals surface area contributed by atoms with Crippen LogP contribution in [-0.4, -0.2) is 59.5 Å². The maximum Gasteiger partial charge on any atom is 0.410 e. The van der Waals surface area contributed by atoms with E-state index in [1.54, 1.807) is 22.6 Å². The number of amides is 1. The van der Waals surface area contributed by atoms with Crippen LogP contribution in [0.3, 0.4) is 0 Å². The standard InChI is InChI=1S/C26H34N6O2S/c1-25(2,3)34-24(33)31-16-18(14-26(31)10-7-11-26)12-22-28-23(19-15-27-30(4)17-19)29-32(22)20-8-6-9-21(13-20)35-5/h6,8-9,13,15,17-18H,7,10-12,14,16H2,1-5H3. The molecule has 8 nitrogen and oxygen atoms in total. The minimum atomic E-state index is -0.499. The fourth-order valence-electron chi connectivity index (χ4n) is 5.29. The van der Waals surface area contributed by atoms with Crippen molar-refractivity contribution in [3.63, 3.8) is 0 Å². The van der Waals surface area contributed by atoms with E-state index in [2.05, 4.69) is 35.6 Å². The molecule has 3 aromatic rings. The molecule has 1 aliphatic carbocycles. The molecule has 186 valence electrons. The highest BCUT2D eigenvalue weighted by Gasteiger charge is 2.52. The molecule has 0 radical (unpaired) electrons. The molecule has 2 fully saturated rings. The van der Waals surface area contributed by atoms with Crippen LogP contribution in [0.5, 0.6) is 0 Å². The van der Waals surface area contributed by atoms with Crippen LogP contribution in [0, 0.1) is 5.92 Å². The normalized spacial score (nSPS) is 19.2. The molecule has 1 aliphatic heterocycles. The van der Waals surface area contributed by atoms with Crippen molar-refractivity contribution in [1.29, 1.82) is 0 Å². The maximum atomic E-state index is 13.1. The second-order valence-electron chi connectivity index (χ2n) is 10.8. The van der Waals surface area contributed by atoms with Crippen LogP contribution >= 0.6 is 11.8 Å². The molecule has 1 aromatic carbocycles. The number of hydrogen-bond donors (Lipinski definition) is 0. The quantitative estimate of drug-likeness (QED) is 0.459. The Morgan fingerprint density at radius 3 is 2.71 bits per heavy atom. The number of likely N-dealkylation sites (tertiary alicyclic amines) is 1. The van der Waals surface area contributed by atoms with Gasteiger partial charge in [0.05, 0.1) is 17.4 Å². The summed E-state index contributed by atoms with van der Waals surface area (Å²) in [6.07, 6.45) is 10.6. The number of aromatic nitrogens is 5. The molecule has 5 rings (SSSR count). The van der Waals surface area contributed by atoms with Gasteiger partial charge in [0, 0.05) is 36.6 Å². The third kappa shape index (κ3) is 4.83. The lowest BCUT2D eigenvalue weighted by Crippen LogP contribution is -2.53. The van der Waals surface area contributed by atoms with Gasteiger partial charge < -0.3 is 9.64 Å². The molecule has 1 saturated carbocycles. The second-order valence-corrected chi connectivity index (χ2v) is 11.7. The van der Waals surface area contributed by atoms with E-state index in [1.165, 1.54) is 4.90 Å². The first-order valence-corrected chi connectivity index (χ1v) is 13.5. The lowest BCUT2D eigenvalue weighted by molar-refractivity contribution is -0.00980.